The van der Waals surface area contributed by atoms with Crippen LogP contribution in [-0.4, -0.2) is 6.61 Å². The van der Waals surface area contributed by atoms with Crippen molar-refractivity contribution in [2.24, 2.45) is 0 Å². The molecular weight excluding hydrogens is 184 g/mol. The molecule has 0 aliphatic rings. The molecule has 0 aliphatic heterocycles. The molecule has 1 rings (SSSR count). The molecule has 0 radical (unpaired) electrons. The van der Waals surface area contributed by atoms with Gasteiger partial charge >= 0.3 is 0 Å². The topological polar surface area (TPSA) is 9.23 Å². The molecule has 0 spiro atoms. The Hall–Kier alpha value is -1.50. The zero-order valence-electron chi connectivity index (χ0n) is 9.44. The summed E-state index contributed by atoms with van der Waals surface area (Å²) in [6, 6.07) is 8.41. The molecular formula is C14H18O. The molecule has 0 heterocycles. The number of ether oxygens (including phenoxy) is 1. The number of allylic oxidation sites excluding steroid dienone is 3. The lowest BCUT2D eigenvalue weighted by Gasteiger charge is -2.04. The van der Waals surface area contributed by atoms with Gasteiger partial charge in [0.15, 0.2) is 0 Å². The number of benzene rings is 1. The third-order valence-corrected chi connectivity index (χ3v) is 2.23. The van der Waals surface area contributed by atoms with Crippen LogP contribution in [0.2, 0.25) is 0 Å². The van der Waals surface area contributed by atoms with Gasteiger partial charge in [0.2, 0.25) is 0 Å². The van der Waals surface area contributed by atoms with Gasteiger partial charge in [0.1, 0.15) is 0 Å². The Balaban J connectivity index is 2.29. The maximum Gasteiger partial charge on any atom is 0.0913 e. The van der Waals surface area contributed by atoms with Gasteiger partial charge in [0, 0.05) is 6.42 Å². The highest BCUT2D eigenvalue weighted by molar-refractivity contribution is 5.25. The van der Waals surface area contributed by atoms with Gasteiger partial charge in [-0.2, -0.15) is 0 Å². The molecule has 1 aromatic carbocycles. The lowest BCUT2D eigenvalue weighted by atomic mass is 10.1. The van der Waals surface area contributed by atoms with E-state index >= 15 is 0 Å². The fourth-order valence-electron chi connectivity index (χ4n) is 1.34. The second-order valence-corrected chi connectivity index (χ2v) is 3.40. The Bertz CT molecular complexity index is 337. The van der Waals surface area contributed by atoms with Gasteiger partial charge in [-0.15, -0.1) is 0 Å². The Morgan fingerprint density at radius 1 is 1.20 bits per heavy atom. The van der Waals surface area contributed by atoms with Gasteiger partial charge in [-0.05, 0) is 31.1 Å². The summed E-state index contributed by atoms with van der Waals surface area (Å²) in [5.41, 5.74) is 2.69. The van der Waals surface area contributed by atoms with Crippen molar-refractivity contribution in [3.8, 4) is 0 Å². The molecule has 0 bridgehead atoms. The molecule has 0 unspecified atom stereocenters. The highest BCUT2D eigenvalue weighted by Crippen LogP contribution is 2.07. The van der Waals surface area contributed by atoms with Gasteiger partial charge in [0.05, 0.1) is 12.9 Å². The van der Waals surface area contributed by atoms with Crippen molar-refractivity contribution in [2.75, 3.05) is 6.61 Å². The van der Waals surface area contributed by atoms with Crippen molar-refractivity contribution in [3.63, 3.8) is 0 Å². The van der Waals surface area contributed by atoms with E-state index in [1.807, 2.05) is 25.2 Å². The van der Waals surface area contributed by atoms with Crippen LogP contribution in [0.15, 0.2) is 48.8 Å². The first-order valence-corrected chi connectivity index (χ1v) is 5.28. The first kappa shape index (κ1) is 11.6. The summed E-state index contributed by atoms with van der Waals surface area (Å²) in [7, 11) is 0. The molecule has 0 fully saturated rings. The number of rotatable bonds is 5. The van der Waals surface area contributed by atoms with Crippen LogP contribution in [0.4, 0.5) is 0 Å². The molecule has 0 saturated carbocycles. The van der Waals surface area contributed by atoms with Gasteiger partial charge < -0.3 is 4.74 Å². The smallest absolute Gasteiger partial charge is 0.0913 e. The quantitative estimate of drug-likeness (QED) is 0.402. The molecule has 1 nitrogen and oxygen atoms in total. The van der Waals surface area contributed by atoms with Crippen molar-refractivity contribution in [1.82, 2.24) is 0 Å². The normalized spacial score (nSPS) is 11.3. The Morgan fingerprint density at radius 3 is 2.73 bits per heavy atom. The van der Waals surface area contributed by atoms with Crippen LogP contribution in [0.25, 0.3) is 0 Å². The molecule has 1 aromatic rings. The molecule has 15 heavy (non-hydrogen) atoms. The highest BCUT2D eigenvalue weighted by Gasteiger charge is 1.95. The zero-order valence-corrected chi connectivity index (χ0v) is 9.44. The summed E-state index contributed by atoms with van der Waals surface area (Å²) in [5.74, 6) is 0. The minimum absolute atomic E-state index is 0.735. The fraction of sp³-hybridized carbons (Fsp3) is 0.286. The van der Waals surface area contributed by atoms with E-state index in [9.17, 15) is 0 Å². The largest absolute Gasteiger partial charge is 0.501 e. The van der Waals surface area contributed by atoms with Crippen LogP contribution in [0.1, 0.15) is 18.1 Å². The fourth-order valence-corrected chi connectivity index (χ4v) is 1.34. The van der Waals surface area contributed by atoms with Crippen LogP contribution in [0.3, 0.4) is 0 Å². The third-order valence-electron chi connectivity index (χ3n) is 2.23. The lowest BCUT2D eigenvalue weighted by molar-refractivity contribution is 0.253. The summed E-state index contributed by atoms with van der Waals surface area (Å²) < 4.78 is 5.36. The minimum atomic E-state index is 0.735. The molecule has 0 N–H and O–H groups in total. The standard InChI is InChI=1S/C14H18O/c1-3-4-7-11-15-12-10-14-9-6-5-8-13(14)2/h3-9,11H,10,12H2,1-2H3/b4-3-,11-7-. The summed E-state index contributed by atoms with van der Waals surface area (Å²) in [4.78, 5) is 0. The Labute approximate surface area is 92.1 Å². The summed E-state index contributed by atoms with van der Waals surface area (Å²) in [5, 5.41) is 0. The minimum Gasteiger partial charge on any atom is -0.501 e. The predicted molar refractivity (Wildman–Crippen MR) is 64.8 cm³/mol. The summed E-state index contributed by atoms with van der Waals surface area (Å²) in [6.45, 7) is 4.85. The first-order valence-electron chi connectivity index (χ1n) is 5.28. The van der Waals surface area contributed by atoms with E-state index in [2.05, 4.69) is 31.2 Å². The predicted octanol–water partition coefficient (Wildman–Crippen LogP) is 3.64. The maximum absolute atomic E-state index is 5.36. The van der Waals surface area contributed by atoms with E-state index in [0.717, 1.165) is 13.0 Å². The van der Waals surface area contributed by atoms with Crippen LogP contribution < -0.4 is 0 Å². The lowest BCUT2D eigenvalue weighted by Crippen LogP contribution is -1.95. The van der Waals surface area contributed by atoms with Crippen LogP contribution in [0.5, 0.6) is 0 Å². The van der Waals surface area contributed by atoms with E-state index < -0.39 is 0 Å². The molecule has 0 aromatic heterocycles. The van der Waals surface area contributed by atoms with Gasteiger partial charge in [-0.1, -0.05) is 36.4 Å². The summed E-state index contributed by atoms with van der Waals surface area (Å²) in [6.07, 6.45) is 8.53. The molecule has 0 saturated heterocycles. The van der Waals surface area contributed by atoms with Gasteiger partial charge in [-0.25, -0.2) is 0 Å². The number of hydrogen-bond acceptors (Lipinski definition) is 1. The third kappa shape index (κ3) is 4.50. The Kier molecular flexibility index (Phi) is 5.31. The zero-order chi connectivity index (χ0) is 10.9. The number of hydrogen-bond donors (Lipinski definition) is 0. The Morgan fingerprint density at radius 2 is 2.00 bits per heavy atom. The van der Waals surface area contributed by atoms with E-state index in [-0.39, 0.29) is 0 Å². The van der Waals surface area contributed by atoms with E-state index in [4.69, 9.17) is 4.74 Å². The van der Waals surface area contributed by atoms with Crippen molar-refractivity contribution in [3.05, 3.63) is 59.9 Å². The van der Waals surface area contributed by atoms with E-state index in [1.165, 1.54) is 11.1 Å². The van der Waals surface area contributed by atoms with Crippen molar-refractivity contribution in [1.29, 1.82) is 0 Å². The van der Waals surface area contributed by atoms with E-state index in [0.29, 0.717) is 0 Å². The first-order chi connectivity index (χ1) is 7.34. The summed E-state index contributed by atoms with van der Waals surface area (Å²) >= 11 is 0. The monoisotopic (exact) mass is 202 g/mol. The van der Waals surface area contributed by atoms with Crippen molar-refractivity contribution < 1.29 is 4.74 Å². The van der Waals surface area contributed by atoms with Gasteiger partial charge in [0.25, 0.3) is 0 Å². The molecule has 1 heteroatoms. The molecule has 0 aliphatic carbocycles. The average Bonchev–Trinajstić information content (AvgIpc) is 2.25. The highest BCUT2D eigenvalue weighted by atomic mass is 16.5. The van der Waals surface area contributed by atoms with Crippen molar-refractivity contribution >= 4 is 0 Å². The molecule has 0 atom stereocenters. The SMILES string of the molecule is C/C=C\C=C/OCCc1ccccc1C. The van der Waals surface area contributed by atoms with Crippen LogP contribution in [0, 0.1) is 6.92 Å². The second-order valence-electron chi connectivity index (χ2n) is 3.40. The van der Waals surface area contributed by atoms with Crippen LogP contribution in [-0.2, 0) is 11.2 Å². The van der Waals surface area contributed by atoms with Crippen molar-refractivity contribution in [2.45, 2.75) is 20.3 Å². The number of aryl methyl sites for hydroxylation is 1. The molecule has 0 amide bonds. The van der Waals surface area contributed by atoms with E-state index in [1.54, 1.807) is 6.26 Å². The maximum atomic E-state index is 5.36. The van der Waals surface area contributed by atoms with Crippen LogP contribution >= 0.6 is 0 Å². The van der Waals surface area contributed by atoms with Gasteiger partial charge in [-0.3, -0.25) is 0 Å². The average molecular weight is 202 g/mol. The molecule has 80 valence electrons. The second kappa shape index (κ2) is 6.88.